The summed E-state index contributed by atoms with van der Waals surface area (Å²) < 4.78 is 0. The first kappa shape index (κ1) is 10.9. The van der Waals surface area contributed by atoms with Gasteiger partial charge in [-0.1, -0.05) is 20.8 Å². The molecular formula is C8H17N4-. The molecular weight excluding hydrogens is 152 g/mol. The van der Waals surface area contributed by atoms with Gasteiger partial charge in [0, 0.05) is 20.3 Å². The summed E-state index contributed by atoms with van der Waals surface area (Å²) in [6.45, 7) is 5.98. The van der Waals surface area contributed by atoms with Crippen LogP contribution in [0.5, 0.6) is 0 Å². The van der Waals surface area contributed by atoms with Crippen LogP contribution in [0.25, 0.3) is 5.43 Å². The molecule has 0 N–H and O–H groups in total. The number of hydrogen-bond donors (Lipinski definition) is 0. The van der Waals surface area contributed by atoms with E-state index in [4.69, 9.17) is 0 Å². The average Bonchev–Trinajstić information content (AvgIpc) is 1.83. The number of rotatable bonds is 3. The molecule has 70 valence electrons. The molecule has 0 saturated carbocycles. The fourth-order valence-electron chi connectivity index (χ4n) is 0.400. The molecule has 0 atom stereocenters. The van der Waals surface area contributed by atoms with Crippen molar-refractivity contribution in [1.29, 1.82) is 0 Å². The van der Waals surface area contributed by atoms with Gasteiger partial charge in [0.2, 0.25) is 0 Å². The normalized spacial score (nSPS) is 12.8. The van der Waals surface area contributed by atoms with Gasteiger partial charge in [0.15, 0.2) is 0 Å². The Labute approximate surface area is 74.3 Å². The van der Waals surface area contributed by atoms with Gasteiger partial charge in [0.05, 0.1) is 6.21 Å². The van der Waals surface area contributed by atoms with Crippen LogP contribution in [0, 0.1) is 0 Å². The molecule has 0 bridgehead atoms. The summed E-state index contributed by atoms with van der Waals surface area (Å²) in [5.74, 6) is 0. The highest BCUT2D eigenvalue weighted by Gasteiger charge is 1.92. The Morgan fingerprint density at radius 2 is 1.75 bits per heavy atom. The van der Waals surface area contributed by atoms with Crippen LogP contribution in [0.15, 0.2) is 10.2 Å². The predicted molar refractivity (Wildman–Crippen MR) is 53.8 cm³/mol. The van der Waals surface area contributed by atoms with E-state index in [0.29, 0.717) is 0 Å². The molecule has 0 aromatic heterocycles. The van der Waals surface area contributed by atoms with Crippen molar-refractivity contribution < 1.29 is 0 Å². The van der Waals surface area contributed by atoms with Gasteiger partial charge >= 0.3 is 0 Å². The minimum absolute atomic E-state index is 0.109. The molecule has 0 fully saturated rings. The molecule has 0 spiro atoms. The third-order valence-electron chi connectivity index (χ3n) is 0.789. The van der Waals surface area contributed by atoms with Gasteiger partial charge in [-0.25, -0.2) is 0 Å². The van der Waals surface area contributed by atoms with Gasteiger partial charge in [-0.2, -0.15) is 5.10 Å². The zero-order valence-electron chi connectivity index (χ0n) is 8.44. The second-order valence-electron chi connectivity index (χ2n) is 3.65. The third kappa shape index (κ3) is 8.94. The lowest BCUT2D eigenvalue weighted by molar-refractivity contribution is 0.441. The maximum Gasteiger partial charge on any atom is 0.0634 e. The third-order valence-corrected chi connectivity index (χ3v) is 0.789. The van der Waals surface area contributed by atoms with Crippen LogP contribution in [0.4, 0.5) is 0 Å². The van der Waals surface area contributed by atoms with E-state index in [0.717, 1.165) is 0 Å². The SMILES string of the molecule is CN(C)/N=C/C=N/[N-]C(C)(C)C. The van der Waals surface area contributed by atoms with E-state index in [1.54, 1.807) is 17.4 Å². The lowest BCUT2D eigenvalue weighted by Crippen LogP contribution is -2.09. The van der Waals surface area contributed by atoms with E-state index in [-0.39, 0.29) is 5.54 Å². The van der Waals surface area contributed by atoms with Crippen molar-refractivity contribution in [1.82, 2.24) is 5.01 Å². The van der Waals surface area contributed by atoms with Crippen LogP contribution in [0.3, 0.4) is 0 Å². The van der Waals surface area contributed by atoms with Crippen LogP contribution in [0.2, 0.25) is 0 Å². The van der Waals surface area contributed by atoms with Gasteiger partial charge in [-0.3, -0.25) is 0 Å². The summed E-state index contributed by atoms with van der Waals surface area (Å²) in [6.07, 6.45) is 3.18. The van der Waals surface area contributed by atoms with Crippen LogP contribution in [-0.4, -0.2) is 37.1 Å². The fourth-order valence-corrected chi connectivity index (χ4v) is 0.400. The Kier molecular flexibility index (Phi) is 4.33. The zero-order valence-corrected chi connectivity index (χ0v) is 8.44. The average molecular weight is 169 g/mol. The van der Waals surface area contributed by atoms with Gasteiger partial charge < -0.3 is 15.5 Å². The maximum atomic E-state index is 4.01. The molecule has 0 aliphatic carbocycles. The second kappa shape index (κ2) is 4.74. The van der Waals surface area contributed by atoms with E-state index in [1.165, 1.54) is 0 Å². The zero-order chi connectivity index (χ0) is 9.61. The van der Waals surface area contributed by atoms with Crippen molar-refractivity contribution in [3.63, 3.8) is 0 Å². The Bertz CT molecular complexity index is 164. The standard InChI is InChI=1S/C8H17N4/c1-8(2,3)11-9-6-7-10-12(4)5/h6-7H,1-5H3/q-1/b9-6+,10-7+. The fraction of sp³-hybridized carbons (Fsp3) is 0.750. The van der Waals surface area contributed by atoms with E-state index in [9.17, 15) is 0 Å². The quantitative estimate of drug-likeness (QED) is 0.468. The summed E-state index contributed by atoms with van der Waals surface area (Å²) in [5, 5.41) is 9.48. The first-order chi connectivity index (χ1) is 5.42. The highest BCUT2D eigenvalue weighted by molar-refractivity contribution is 6.16. The molecule has 0 rings (SSSR count). The molecule has 12 heavy (non-hydrogen) atoms. The van der Waals surface area contributed by atoms with E-state index in [2.05, 4.69) is 15.6 Å². The molecule has 4 heteroatoms. The highest BCUT2D eigenvalue weighted by atomic mass is 15.4. The van der Waals surface area contributed by atoms with E-state index >= 15 is 0 Å². The van der Waals surface area contributed by atoms with Crippen molar-refractivity contribution in [2.24, 2.45) is 10.2 Å². The monoisotopic (exact) mass is 169 g/mol. The summed E-state index contributed by atoms with van der Waals surface area (Å²) in [6, 6.07) is 0. The Morgan fingerprint density at radius 3 is 2.17 bits per heavy atom. The molecule has 0 saturated heterocycles. The van der Waals surface area contributed by atoms with Crippen molar-refractivity contribution in [2.45, 2.75) is 26.3 Å². The van der Waals surface area contributed by atoms with Gasteiger partial charge in [0.25, 0.3) is 0 Å². The highest BCUT2D eigenvalue weighted by Crippen LogP contribution is 2.12. The van der Waals surface area contributed by atoms with Crippen molar-refractivity contribution in [2.75, 3.05) is 14.1 Å². The van der Waals surface area contributed by atoms with Crippen molar-refractivity contribution >= 4 is 12.4 Å². The lowest BCUT2D eigenvalue weighted by Gasteiger charge is -2.32. The molecule has 0 unspecified atom stereocenters. The minimum Gasteiger partial charge on any atom is -0.597 e. The Morgan fingerprint density at radius 1 is 1.17 bits per heavy atom. The lowest BCUT2D eigenvalue weighted by atomic mass is 10.1. The largest absolute Gasteiger partial charge is 0.597 e. The molecule has 0 heterocycles. The van der Waals surface area contributed by atoms with E-state index < -0.39 is 0 Å². The molecule has 0 aliphatic heterocycles. The predicted octanol–water partition coefficient (Wildman–Crippen LogP) is 1.69. The molecule has 4 nitrogen and oxygen atoms in total. The summed E-state index contributed by atoms with van der Waals surface area (Å²) in [4.78, 5) is 0. The Balaban J connectivity index is 3.64. The van der Waals surface area contributed by atoms with Crippen LogP contribution >= 0.6 is 0 Å². The number of hydrogen-bond acceptors (Lipinski definition) is 3. The number of nitrogens with zero attached hydrogens (tertiary/aromatic N) is 4. The van der Waals surface area contributed by atoms with Crippen molar-refractivity contribution in [3.8, 4) is 0 Å². The first-order valence-corrected chi connectivity index (χ1v) is 3.87. The molecule has 0 radical (unpaired) electrons. The molecule has 0 aromatic carbocycles. The number of hydrazone groups is 1. The summed E-state index contributed by atoms with van der Waals surface area (Å²) in [7, 11) is 3.70. The molecule has 0 aliphatic rings. The summed E-state index contributed by atoms with van der Waals surface area (Å²) >= 11 is 0. The van der Waals surface area contributed by atoms with Gasteiger partial charge in [-0.05, 0) is 0 Å². The summed E-state index contributed by atoms with van der Waals surface area (Å²) in [5.41, 5.74) is 3.90. The molecule has 0 aromatic rings. The van der Waals surface area contributed by atoms with Crippen LogP contribution < -0.4 is 0 Å². The van der Waals surface area contributed by atoms with Gasteiger partial charge in [-0.15, -0.1) is 5.54 Å². The second-order valence-corrected chi connectivity index (χ2v) is 3.65. The minimum atomic E-state index is -0.109. The topological polar surface area (TPSA) is 42.1 Å². The smallest absolute Gasteiger partial charge is 0.0634 e. The van der Waals surface area contributed by atoms with Crippen molar-refractivity contribution in [3.05, 3.63) is 5.43 Å². The maximum absolute atomic E-state index is 4.01. The van der Waals surface area contributed by atoms with E-state index in [1.807, 2.05) is 34.9 Å². The first-order valence-electron chi connectivity index (χ1n) is 3.87. The van der Waals surface area contributed by atoms with Crippen LogP contribution in [0.1, 0.15) is 20.8 Å². The van der Waals surface area contributed by atoms with Gasteiger partial charge in [0.1, 0.15) is 0 Å². The Hall–Kier alpha value is -1.06. The van der Waals surface area contributed by atoms with Crippen LogP contribution in [-0.2, 0) is 0 Å². The molecule has 0 amide bonds.